The van der Waals surface area contributed by atoms with Crippen molar-refractivity contribution in [3.8, 4) is 22.5 Å². The fraction of sp³-hybridized carbons (Fsp3) is 0.273. The van der Waals surface area contributed by atoms with E-state index >= 15 is 0 Å². The molecule has 0 aliphatic carbocycles. The van der Waals surface area contributed by atoms with E-state index in [-0.39, 0.29) is 25.7 Å². The van der Waals surface area contributed by atoms with Crippen molar-refractivity contribution in [3.05, 3.63) is 94.6 Å². The Morgan fingerprint density at radius 3 is 2.23 bits per heavy atom. The van der Waals surface area contributed by atoms with E-state index in [1.54, 1.807) is 32.9 Å². The molecular weight excluding hydrogens is 586 g/mol. The van der Waals surface area contributed by atoms with E-state index in [9.17, 15) is 14.4 Å². The van der Waals surface area contributed by atoms with Crippen molar-refractivity contribution in [2.75, 3.05) is 32.1 Å². The number of anilines is 1. The van der Waals surface area contributed by atoms with Gasteiger partial charge in [-0.05, 0) is 43.5 Å². The third-order valence-corrected chi connectivity index (χ3v) is 8.00. The second-order valence-corrected chi connectivity index (χ2v) is 10.9. The first-order valence-corrected chi connectivity index (χ1v) is 14.4. The molecule has 4 aromatic rings. The molecular formula is C33H32ClN3O7. The van der Waals surface area contributed by atoms with E-state index < -0.39 is 23.7 Å². The molecule has 11 heteroatoms. The monoisotopic (exact) mass is 617 g/mol. The van der Waals surface area contributed by atoms with Crippen LogP contribution in [0.3, 0.4) is 0 Å². The lowest BCUT2D eigenvalue weighted by Gasteiger charge is -2.47. The van der Waals surface area contributed by atoms with Crippen LogP contribution in [0.15, 0.2) is 77.3 Å². The SMILES string of the molecule is CCOC(=O)C1(c2ccc(-c3ccc(-c4onc(C)c4NC(=O)O[C@H](C)c4ccccc4Cl)cc3)cc2)CN(C(=O)OC)C1. The zero-order valence-electron chi connectivity index (χ0n) is 24.8. The van der Waals surface area contributed by atoms with Gasteiger partial charge in [-0.15, -0.1) is 0 Å². The van der Waals surface area contributed by atoms with Crippen molar-refractivity contribution in [2.24, 2.45) is 0 Å². The van der Waals surface area contributed by atoms with Crippen LogP contribution in [0.4, 0.5) is 15.3 Å². The maximum atomic E-state index is 12.9. The highest BCUT2D eigenvalue weighted by molar-refractivity contribution is 6.31. The number of rotatable bonds is 8. The first-order chi connectivity index (χ1) is 21.2. The summed E-state index contributed by atoms with van der Waals surface area (Å²) < 4.78 is 21.3. The molecule has 1 fully saturated rings. The molecule has 2 amide bonds. The molecule has 1 aliphatic rings. The van der Waals surface area contributed by atoms with E-state index in [4.69, 9.17) is 30.3 Å². The molecule has 44 heavy (non-hydrogen) atoms. The summed E-state index contributed by atoms with van der Waals surface area (Å²) in [5.74, 6) is 0.0227. The zero-order chi connectivity index (χ0) is 31.4. The number of carbonyl (C=O) groups is 3. The van der Waals surface area contributed by atoms with Crippen molar-refractivity contribution in [1.29, 1.82) is 0 Å². The van der Waals surface area contributed by atoms with E-state index in [1.807, 2.05) is 60.7 Å². The average Bonchev–Trinajstić information content (AvgIpc) is 3.36. The molecule has 2 heterocycles. The standard InChI is InChI=1S/C33H32ClN3O7/c1-5-42-30(38)33(18-37(19-33)32(40)41-4)25-16-14-23(15-17-25)22-10-12-24(13-11-22)29-28(20(2)36-44-29)35-31(39)43-21(3)26-8-6-7-9-27(26)34/h6-17,21H,5,18-19H2,1-4H3,(H,35,39)/t21-/m1/s1. The summed E-state index contributed by atoms with van der Waals surface area (Å²) in [5, 5.41) is 7.30. The minimum atomic E-state index is -0.938. The summed E-state index contributed by atoms with van der Waals surface area (Å²) >= 11 is 6.24. The average molecular weight is 618 g/mol. The van der Waals surface area contributed by atoms with Crippen LogP contribution in [-0.2, 0) is 24.4 Å². The number of aromatic nitrogens is 1. The van der Waals surface area contributed by atoms with Gasteiger partial charge in [0.05, 0.1) is 13.7 Å². The number of aryl methyl sites for hydroxylation is 1. The van der Waals surface area contributed by atoms with Gasteiger partial charge in [0, 0.05) is 29.2 Å². The Labute approximate surface area is 259 Å². The zero-order valence-corrected chi connectivity index (χ0v) is 25.5. The van der Waals surface area contributed by atoms with Crippen molar-refractivity contribution in [2.45, 2.75) is 32.3 Å². The summed E-state index contributed by atoms with van der Waals surface area (Å²) in [4.78, 5) is 39.1. The van der Waals surface area contributed by atoms with Crippen LogP contribution in [0, 0.1) is 6.92 Å². The van der Waals surface area contributed by atoms with E-state index in [0.29, 0.717) is 33.3 Å². The molecule has 1 saturated heterocycles. The lowest BCUT2D eigenvalue weighted by atomic mass is 9.73. The highest BCUT2D eigenvalue weighted by Crippen LogP contribution is 2.38. The number of ether oxygens (including phenoxy) is 3. The van der Waals surface area contributed by atoms with Crippen LogP contribution in [0.1, 0.15) is 36.8 Å². The number of likely N-dealkylation sites (tertiary alicyclic amines) is 1. The summed E-state index contributed by atoms with van der Waals surface area (Å²) in [6.45, 7) is 5.84. The Bertz CT molecular complexity index is 1660. The van der Waals surface area contributed by atoms with Crippen LogP contribution < -0.4 is 5.32 Å². The van der Waals surface area contributed by atoms with Crippen molar-refractivity contribution in [1.82, 2.24) is 10.1 Å². The Morgan fingerprint density at radius 1 is 1.00 bits per heavy atom. The maximum absolute atomic E-state index is 12.9. The van der Waals surface area contributed by atoms with Crippen LogP contribution in [0.25, 0.3) is 22.5 Å². The first-order valence-electron chi connectivity index (χ1n) is 14.1. The van der Waals surface area contributed by atoms with Gasteiger partial charge in [0.1, 0.15) is 22.9 Å². The van der Waals surface area contributed by atoms with Crippen LogP contribution in [-0.4, -0.2) is 55.0 Å². The smallest absolute Gasteiger partial charge is 0.412 e. The summed E-state index contributed by atoms with van der Waals surface area (Å²) in [6.07, 6.45) is -1.71. The topological polar surface area (TPSA) is 120 Å². The molecule has 0 radical (unpaired) electrons. The van der Waals surface area contributed by atoms with Gasteiger partial charge in [-0.1, -0.05) is 83.5 Å². The van der Waals surface area contributed by atoms with Crippen LogP contribution in [0.2, 0.25) is 5.02 Å². The highest BCUT2D eigenvalue weighted by atomic mass is 35.5. The minimum Gasteiger partial charge on any atom is -0.465 e. The van der Waals surface area contributed by atoms with Crippen molar-refractivity contribution < 1.29 is 33.1 Å². The Hall–Kier alpha value is -4.83. The largest absolute Gasteiger partial charge is 0.465 e. The lowest BCUT2D eigenvalue weighted by molar-refractivity contribution is -0.156. The van der Waals surface area contributed by atoms with E-state index in [2.05, 4.69) is 10.5 Å². The first kappa shape index (κ1) is 30.6. The van der Waals surface area contributed by atoms with Gasteiger partial charge >= 0.3 is 18.2 Å². The number of hydrogen-bond donors (Lipinski definition) is 1. The Kier molecular flexibility index (Phi) is 8.91. The number of methoxy groups -OCH3 is 1. The van der Waals surface area contributed by atoms with Crippen LogP contribution in [0.5, 0.6) is 0 Å². The molecule has 1 atom stereocenters. The van der Waals surface area contributed by atoms with Gasteiger partial charge < -0.3 is 23.6 Å². The summed E-state index contributed by atoms with van der Waals surface area (Å²) in [5.41, 5.74) is 3.98. The minimum absolute atomic E-state index is 0.186. The quantitative estimate of drug-likeness (QED) is 0.163. The lowest BCUT2D eigenvalue weighted by Crippen LogP contribution is -2.65. The maximum Gasteiger partial charge on any atom is 0.412 e. The molecule has 1 aliphatic heterocycles. The number of esters is 1. The van der Waals surface area contributed by atoms with E-state index in [0.717, 1.165) is 16.7 Å². The number of carbonyl (C=O) groups excluding carboxylic acids is 3. The molecule has 3 aromatic carbocycles. The molecule has 1 aromatic heterocycles. The summed E-state index contributed by atoms with van der Waals surface area (Å²) in [7, 11) is 1.31. The van der Waals surface area contributed by atoms with Gasteiger partial charge in [0.15, 0.2) is 5.76 Å². The van der Waals surface area contributed by atoms with Crippen molar-refractivity contribution >= 4 is 35.4 Å². The molecule has 1 N–H and O–H groups in total. The van der Waals surface area contributed by atoms with Crippen molar-refractivity contribution in [3.63, 3.8) is 0 Å². The fourth-order valence-corrected chi connectivity index (χ4v) is 5.52. The predicted octanol–water partition coefficient (Wildman–Crippen LogP) is 7.16. The highest BCUT2D eigenvalue weighted by Gasteiger charge is 2.54. The number of benzene rings is 3. The van der Waals surface area contributed by atoms with Gasteiger partial charge in [-0.3, -0.25) is 10.1 Å². The number of nitrogens with zero attached hydrogens (tertiary/aromatic N) is 2. The number of nitrogens with one attached hydrogen (secondary N) is 1. The third kappa shape index (κ3) is 5.98. The van der Waals surface area contributed by atoms with Crippen LogP contribution >= 0.6 is 11.6 Å². The molecule has 0 saturated carbocycles. The third-order valence-electron chi connectivity index (χ3n) is 7.66. The predicted molar refractivity (Wildman–Crippen MR) is 164 cm³/mol. The molecule has 10 nitrogen and oxygen atoms in total. The molecule has 0 spiro atoms. The van der Waals surface area contributed by atoms with Gasteiger partial charge in [0.25, 0.3) is 0 Å². The fourth-order valence-electron chi connectivity index (χ4n) is 5.23. The second kappa shape index (κ2) is 12.8. The number of amides is 2. The van der Waals surface area contributed by atoms with Gasteiger partial charge in [-0.25, -0.2) is 9.59 Å². The molecule has 0 unspecified atom stereocenters. The Morgan fingerprint density at radius 2 is 1.61 bits per heavy atom. The van der Waals surface area contributed by atoms with Gasteiger partial charge in [-0.2, -0.15) is 0 Å². The van der Waals surface area contributed by atoms with Gasteiger partial charge in [0.2, 0.25) is 0 Å². The number of halogens is 1. The second-order valence-electron chi connectivity index (χ2n) is 10.4. The number of hydrogen-bond acceptors (Lipinski definition) is 8. The Balaban J connectivity index is 1.30. The molecule has 0 bridgehead atoms. The van der Waals surface area contributed by atoms with E-state index in [1.165, 1.54) is 12.0 Å². The normalized spacial score (nSPS) is 14.2. The summed E-state index contributed by atoms with van der Waals surface area (Å²) in [6, 6.07) is 22.4. The molecule has 5 rings (SSSR count). The molecule has 228 valence electrons.